The monoisotopic (exact) mass is 230 g/mol. The van der Waals surface area contributed by atoms with Gasteiger partial charge in [-0.1, -0.05) is 32.9 Å². The third-order valence-corrected chi connectivity index (χ3v) is 3.29. The predicted molar refractivity (Wildman–Crippen MR) is 58.2 cm³/mol. The van der Waals surface area contributed by atoms with Crippen LogP contribution in [0.4, 0.5) is 4.39 Å². The van der Waals surface area contributed by atoms with E-state index < -0.39 is 21.1 Å². The number of sulfone groups is 1. The minimum atomic E-state index is -3.49. The van der Waals surface area contributed by atoms with Gasteiger partial charge >= 0.3 is 0 Å². The van der Waals surface area contributed by atoms with Crippen molar-refractivity contribution in [3.05, 3.63) is 29.6 Å². The Kier molecular flexibility index (Phi) is 2.92. The summed E-state index contributed by atoms with van der Waals surface area (Å²) in [6, 6.07) is 4.48. The molecule has 0 aliphatic heterocycles. The molecule has 0 unspecified atom stereocenters. The average molecular weight is 230 g/mol. The summed E-state index contributed by atoms with van der Waals surface area (Å²) in [6.45, 7) is 5.53. The third kappa shape index (κ3) is 2.56. The molecule has 0 heterocycles. The smallest absolute Gasteiger partial charge is 0.178 e. The first-order valence-electron chi connectivity index (χ1n) is 4.63. The molecule has 0 amide bonds. The summed E-state index contributed by atoms with van der Waals surface area (Å²) in [4.78, 5) is -0.227. The first-order chi connectivity index (χ1) is 6.64. The van der Waals surface area contributed by atoms with Gasteiger partial charge in [-0.15, -0.1) is 0 Å². The van der Waals surface area contributed by atoms with Crippen molar-refractivity contribution in [1.82, 2.24) is 0 Å². The Bertz CT molecular complexity index is 470. The first kappa shape index (κ1) is 12.2. The fraction of sp³-hybridized carbons (Fsp3) is 0.455. The van der Waals surface area contributed by atoms with E-state index in [0.717, 1.165) is 6.26 Å². The molecule has 1 rings (SSSR count). The van der Waals surface area contributed by atoms with Crippen LogP contribution in [0.3, 0.4) is 0 Å². The Hall–Kier alpha value is -0.900. The first-order valence-corrected chi connectivity index (χ1v) is 6.52. The highest BCUT2D eigenvalue weighted by Crippen LogP contribution is 2.28. The molecule has 84 valence electrons. The van der Waals surface area contributed by atoms with Gasteiger partial charge in [-0.2, -0.15) is 0 Å². The predicted octanol–water partition coefficient (Wildman–Crippen LogP) is 2.53. The second kappa shape index (κ2) is 3.59. The molecule has 0 atom stereocenters. The van der Waals surface area contributed by atoms with E-state index in [1.807, 2.05) is 20.8 Å². The maximum atomic E-state index is 13.9. The molecule has 0 saturated carbocycles. The van der Waals surface area contributed by atoms with E-state index in [4.69, 9.17) is 0 Å². The van der Waals surface area contributed by atoms with Gasteiger partial charge in [0.2, 0.25) is 0 Å². The zero-order chi connectivity index (χ0) is 11.9. The summed E-state index contributed by atoms with van der Waals surface area (Å²) >= 11 is 0. The maximum absolute atomic E-state index is 13.9. The zero-order valence-electron chi connectivity index (χ0n) is 9.33. The van der Waals surface area contributed by atoms with E-state index in [1.165, 1.54) is 6.07 Å². The van der Waals surface area contributed by atoms with Gasteiger partial charge in [0.1, 0.15) is 10.7 Å². The molecular formula is C11H15FO2S. The van der Waals surface area contributed by atoms with Gasteiger partial charge in [0.25, 0.3) is 0 Å². The third-order valence-electron chi connectivity index (χ3n) is 2.17. The summed E-state index contributed by atoms with van der Waals surface area (Å²) in [6.07, 6.45) is 1.01. The lowest BCUT2D eigenvalue weighted by atomic mass is 9.87. The fourth-order valence-electron chi connectivity index (χ4n) is 1.38. The lowest BCUT2D eigenvalue weighted by Gasteiger charge is -2.20. The minimum absolute atomic E-state index is 0.227. The van der Waals surface area contributed by atoms with Crippen LogP contribution in [0.1, 0.15) is 26.3 Å². The molecule has 0 N–H and O–H groups in total. The molecule has 0 fully saturated rings. The van der Waals surface area contributed by atoms with E-state index in [9.17, 15) is 12.8 Å². The number of halogens is 1. The van der Waals surface area contributed by atoms with Crippen molar-refractivity contribution in [2.24, 2.45) is 0 Å². The van der Waals surface area contributed by atoms with Crippen molar-refractivity contribution in [3.8, 4) is 0 Å². The van der Waals surface area contributed by atoms with Crippen LogP contribution < -0.4 is 0 Å². The highest BCUT2D eigenvalue weighted by Gasteiger charge is 2.23. The molecule has 0 spiro atoms. The molecule has 0 aliphatic rings. The molecule has 0 saturated heterocycles. The summed E-state index contributed by atoms with van der Waals surface area (Å²) < 4.78 is 36.5. The Balaban J connectivity index is 3.51. The van der Waals surface area contributed by atoms with E-state index in [0.29, 0.717) is 5.56 Å². The van der Waals surface area contributed by atoms with Crippen LogP contribution in [0.2, 0.25) is 0 Å². The van der Waals surface area contributed by atoms with Gasteiger partial charge in [0.15, 0.2) is 9.84 Å². The Morgan fingerprint density at radius 1 is 1.20 bits per heavy atom. The number of hydrogen-bond donors (Lipinski definition) is 0. The molecule has 15 heavy (non-hydrogen) atoms. The Labute approximate surface area is 90.0 Å². The second-order valence-electron chi connectivity index (χ2n) is 4.64. The van der Waals surface area contributed by atoms with Crippen molar-refractivity contribution in [3.63, 3.8) is 0 Å². The number of hydrogen-bond acceptors (Lipinski definition) is 2. The summed E-state index contributed by atoms with van der Waals surface area (Å²) in [5.74, 6) is -0.632. The SMILES string of the molecule is CC(C)(C)c1cccc(S(C)(=O)=O)c1F. The van der Waals surface area contributed by atoms with Crippen LogP contribution in [-0.2, 0) is 15.3 Å². The summed E-state index contributed by atoms with van der Waals surface area (Å²) in [5, 5.41) is 0. The maximum Gasteiger partial charge on any atom is 0.178 e. The number of benzene rings is 1. The van der Waals surface area contributed by atoms with Crippen LogP contribution in [-0.4, -0.2) is 14.7 Å². The van der Waals surface area contributed by atoms with Crippen LogP contribution in [0.15, 0.2) is 23.1 Å². The molecular weight excluding hydrogens is 215 g/mol. The molecule has 1 aromatic carbocycles. The molecule has 0 bridgehead atoms. The molecule has 1 aromatic rings. The lowest BCUT2D eigenvalue weighted by molar-refractivity contribution is 0.504. The van der Waals surface area contributed by atoms with Crippen LogP contribution in [0.5, 0.6) is 0 Å². The Morgan fingerprint density at radius 3 is 2.13 bits per heavy atom. The van der Waals surface area contributed by atoms with Crippen molar-refractivity contribution in [2.45, 2.75) is 31.1 Å². The van der Waals surface area contributed by atoms with Crippen molar-refractivity contribution in [1.29, 1.82) is 0 Å². The molecule has 4 heteroatoms. The van der Waals surface area contributed by atoms with Gasteiger partial charge in [-0.25, -0.2) is 12.8 Å². The van der Waals surface area contributed by atoms with Crippen molar-refractivity contribution in [2.75, 3.05) is 6.26 Å². The van der Waals surface area contributed by atoms with Crippen LogP contribution >= 0.6 is 0 Å². The van der Waals surface area contributed by atoms with Gasteiger partial charge in [-0.05, 0) is 17.0 Å². The van der Waals surface area contributed by atoms with E-state index >= 15 is 0 Å². The quantitative estimate of drug-likeness (QED) is 0.743. The highest BCUT2D eigenvalue weighted by atomic mass is 32.2. The zero-order valence-corrected chi connectivity index (χ0v) is 10.2. The van der Waals surface area contributed by atoms with E-state index in [2.05, 4.69) is 0 Å². The lowest BCUT2D eigenvalue weighted by Crippen LogP contribution is -2.15. The molecule has 0 aromatic heterocycles. The second-order valence-corrected chi connectivity index (χ2v) is 6.62. The normalized spacial score (nSPS) is 12.9. The van der Waals surface area contributed by atoms with Gasteiger partial charge in [0.05, 0.1) is 0 Å². The van der Waals surface area contributed by atoms with E-state index in [1.54, 1.807) is 12.1 Å². The summed E-state index contributed by atoms with van der Waals surface area (Å²) in [7, 11) is -3.49. The average Bonchev–Trinajstić information content (AvgIpc) is 1.99. The molecule has 0 aliphatic carbocycles. The van der Waals surface area contributed by atoms with Crippen LogP contribution in [0.25, 0.3) is 0 Å². The van der Waals surface area contributed by atoms with Gasteiger partial charge in [0, 0.05) is 6.26 Å². The number of rotatable bonds is 1. The van der Waals surface area contributed by atoms with Gasteiger partial charge < -0.3 is 0 Å². The van der Waals surface area contributed by atoms with Crippen molar-refractivity contribution >= 4 is 9.84 Å². The standard InChI is InChI=1S/C11H15FO2S/c1-11(2,3)8-6-5-7-9(10(8)12)15(4,13)14/h5-7H,1-4H3. The van der Waals surface area contributed by atoms with E-state index in [-0.39, 0.29) is 4.90 Å². The molecule has 0 radical (unpaired) electrons. The fourth-order valence-corrected chi connectivity index (χ4v) is 2.14. The topological polar surface area (TPSA) is 34.1 Å². The summed E-state index contributed by atoms with van der Waals surface area (Å²) in [5.41, 5.74) is 0.0237. The van der Waals surface area contributed by atoms with Gasteiger partial charge in [-0.3, -0.25) is 0 Å². The van der Waals surface area contributed by atoms with Crippen molar-refractivity contribution < 1.29 is 12.8 Å². The minimum Gasteiger partial charge on any atom is -0.224 e. The van der Waals surface area contributed by atoms with Crippen LogP contribution in [0, 0.1) is 5.82 Å². The highest BCUT2D eigenvalue weighted by molar-refractivity contribution is 7.90. The Morgan fingerprint density at radius 2 is 1.73 bits per heavy atom. The largest absolute Gasteiger partial charge is 0.224 e. The molecule has 2 nitrogen and oxygen atoms in total.